The molecule has 0 spiro atoms. The summed E-state index contributed by atoms with van der Waals surface area (Å²) in [4.78, 5) is 112. The number of carboxylic acids is 3. The highest BCUT2D eigenvalue weighted by atomic mass is 16.4. The van der Waals surface area contributed by atoms with Crippen molar-refractivity contribution in [2.45, 2.75) is 94.9 Å². The molecule has 0 aliphatic rings. The summed E-state index contributed by atoms with van der Waals surface area (Å²) in [6.07, 6.45) is -3.71. The number of carbonyl (C=O) groups is 9. The average Bonchev–Trinajstić information content (AvgIpc) is 3.09. The number of hydrogen-bond acceptors (Lipinski definition) is 13. The van der Waals surface area contributed by atoms with E-state index in [1.54, 1.807) is 44.2 Å². The van der Waals surface area contributed by atoms with Crippen molar-refractivity contribution in [3.05, 3.63) is 35.9 Å². The van der Waals surface area contributed by atoms with Gasteiger partial charge in [0, 0.05) is 6.42 Å². The zero-order valence-corrected chi connectivity index (χ0v) is 30.3. The molecule has 1 rings (SSSR count). The molecule has 22 heteroatoms. The lowest BCUT2D eigenvalue weighted by Gasteiger charge is -2.28. The van der Waals surface area contributed by atoms with E-state index in [1.807, 2.05) is 5.32 Å². The second-order valence-electron chi connectivity index (χ2n) is 12.9. The first-order chi connectivity index (χ1) is 25.7. The van der Waals surface area contributed by atoms with Gasteiger partial charge < -0.3 is 68.3 Å². The van der Waals surface area contributed by atoms with E-state index in [-0.39, 0.29) is 18.8 Å². The topological polar surface area (TPSA) is 373 Å². The van der Waals surface area contributed by atoms with Gasteiger partial charge in [0.2, 0.25) is 35.4 Å². The number of carboxylic acid groups (broad SMARTS) is 3. The molecule has 0 unspecified atom stereocenters. The van der Waals surface area contributed by atoms with Gasteiger partial charge in [-0.25, -0.2) is 4.79 Å². The van der Waals surface area contributed by atoms with Crippen LogP contribution in [0.3, 0.4) is 0 Å². The first-order valence-corrected chi connectivity index (χ1v) is 16.9. The van der Waals surface area contributed by atoms with Crippen molar-refractivity contribution >= 4 is 53.4 Å². The third-order valence-corrected chi connectivity index (χ3v) is 7.67. The van der Waals surface area contributed by atoms with Crippen LogP contribution >= 0.6 is 0 Å². The normalized spacial score (nSPS) is 15.3. The Morgan fingerprint density at radius 2 is 1.04 bits per heavy atom. The highest BCUT2D eigenvalue weighted by Gasteiger charge is 2.35. The summed E-state index contributed by atoms with van der Waals surface area (Å²) in [6.45, 7) is 2.35. The molecule has 8 atom stereocenters. The van der Waals surface area contributed by atoms with E-state index < -0.39 is 128 Å². The summed E-state index contributed by atoms with van der Waals surface area (Å²) in [5, 5.41) is 69.9. The largest absolute Gasteiger partial charge is 0.481 e. The van der Waals surface area contributed by atoms with Gasteiger partial charge in [0.1, 0.15) is 36.3 Å². The molecule has 22 nitrogen and oxygen atoms in total. The van der Waals surface area contributed by atoms with Gasteiger partial charge in [0.15, 0.2) is 0 Å². The van der Waals surface area contributed by atoms with Crippen LogP contribution in [0.2, 0.25) is 0 Å². The van der Waals surface area contributed by atoms with Gasteiger partial charge in [0.05, 0.1) is 38.2 Å². The predicted molar refractivity (Wildman–Crippen MR) is 187 cm³/mol. The summed E-state index contributed by atoms with van der Waals surface area (Å²) in [7, 11) is 0. The van der Waals surface area contributed by atoms with E-state index in [9.17, 15) is 63.6 Å². The van der Waals surface area contributed by atoms with Crippen LogP contribution in [-0.4, -0.2) is 146 Å². The Labute approximate surface area is 314 Å². The number of benzene rings is 1. The Balaban J connectivity index is 3.33. The molecule has 1 aromatic rings. The minimum Gasteiger partial charge on any atom is -0.481 e. The fourth-order valence-electron chi connectivity index (χ4n) is 4.82. The average molecular weight is 784 g/mol. The lowest BCUT2D eigenvalue weighted by atomic mass is 10.00. The van der Waals surface area contributed by atoms with Crippen LogP contribution in [0, 0.1) is 5.92 Å². The number of nitrogens with two attached hydrogens (primary N) is 1. The van der Waals surface area contributed by atoms with Crippen molar-refractivity contribution in [1.29, 1.82) is 0 Å². The first-order valence-electron chi connectivity index (χ1n) is 16.9. The van der Waals surface area contributed by atoms with Gasteiger partial charge in [-0.2, -0.15) is 0 Å². The number of nitrogens with one attached hydrogen (secondary N) is 6. The Morgan fingerprint density at radius 1 is 0.582 bits per heavy atom. The molecule has 0 saturated heterocycles. The standard InChI is InChI=1S/C33H49N7O15/c1-15(2)9-19(28(49)37-21(12-25(46)47)30(51)39-23(14-42)33(54)55)35-29(50)20(10-17-7-5-4-6-8-17)36-31(52)22(13-41)38-32(53)26(16(3)43)40-27(48)18(34)11-24(44)45/h4-8,15-16,18-23,26,41-43H,9-14,34H2,1-3H3,(H,35,50)(H,36,52)(H,37,49)(H,38,53)(H,39,51)(H,40,48)(H,44,45)(H,46,47)(H,54,55)/t16-,18+,19+,20+,21+,22+,23+,26+/m1/s1. The SMILES string of the molecule is CC(C)C[C@H](NC(=O)[C@H](Cc1ccccc1)NC(=O)[C@H](CO)NC(=O)[C@@H](NC(=O)[C@@H](N)CC(=O)O)[C@@H](C)O)C(=O)N[C@@H](CC(=O)O)C(=O)N[C@@H](CO)C(=O)O. The van der Waals surface area contributed by atoms with Gasteiger partial charge in [0.25, 0.3) is 0 Å². The van der Waals surface area contributed by atoms with Crippen molar-refractivity contribution in [2.24, 2.45) is 11.7 Å². The van der Waals surface area contributed by atoms with Crippen LogP contribution in [0.1, 0.15) is 45.6 Å². The summed E-state index contributed by atoms with van der Waals surface area (Å²) in [5.41, 5.74) is 6.02. The van der Waals surface area contributed by atoms with Gasteiger partial charge in [-0.15, -0.1) is 0 Å². The van der Waals surface area contributed by atoms with E-state index in [4.69, 9.17) is 15.9 Å². The van der Waals surface area contributed by atoms with Gasteiger partial charge >= 0.3 is 17.9 Å². The van der Waals surface area contributed by atoms with E-state index >= 15 is 0 Å². The number of aliphatic hydroxyl groups excluding tert-OH is 3. The second kappa shape index (κ2) is 23.2. The van der Waals surface area contributed by atoms with Gasteiger partial charge in [-0.1, -0.05) is 44.2 Å². The number of aliphatic carboxylic acids is 3. The summed E-state index contributed by atoms with van der Waals surface area (Å²) < 4.78 is 0. The van der Waals surface area contributed by atoms with Crippen LogP contribution in [-0.2, 0) is 49.6 Å². The molecule has 6 amide bonds. The van der Waals surface area contributed by atoms with Crippen molar-refractivity contribution in [2.75, 3.05) is 13.2 Å². The maximum atomic E-state index is 13.8. The van der Waals surface area contributed by atoms with Crippen molar-refractivity contribution < 1.29 is 73.8 Å². The van der Waals surface area contributed by atoms with Crippen LogP contribution in [0.4, 0.5) is 0 Å². The molecule has 55 heavy (non-hydrogen) atoms. The molecule has 0 aliphatic carbocycles. The number of rotatable bonds is 24. The zero-order valence-electron chi connectivity index (χ0n) is 30.3. The molecule has 0 bridgehead atoms. The fourth-order valence-corrected chi connectivity index (χ4v) is 4.82. The molecule has 0 fully saturated rings. The summed E-state index contributed by atoms with van der Waals surface area (Å²) in [5.74, 6) is -11.6. The number of carbonyl (C=O) groups excluding carboxylic acids is 6. The molecule has 1 aromatic carbocycles. The first kappa shape index (κ1) is 47.3. The van der Waals surface area contributed by atoms with Crippen LogP contribution in [0.15, 0.2) is 30.3 Å². The summed E-state index contributed by atoms with van der Waals surface area (Å²) >= 11 is 0. The van der Waals surface area contributed by atoms with E-state index in [0.717, 1.165) is 6.92 Å². The van der Waals surface area contributed by atoms with Gasteiger partial charge in [-0.3, -0.25) is 38.4 Å². The monoisotopic (exact) mass is 783 g/mol. The summed E-state index contributed by atoms with van der Waals surface area (Å²) in [6, 6.07) is -3.65. The van der Waals surface area contributed by atoms with Gasteiger partial charge in [-0.05, 0) is 24.8 Å². The molecule has 0 heterocycles. The zero-order chi connectivity index (χ0) is 42.0. The maximum Gasteiger partial charge on any atom is 0.328 e. The quantitative estimate of drug-likeness (QED) is 0.0466. The Morgan fingerprint density at radius 3 is 1.53 bits per heavy atom. The molecule has 0 radical (unpaired) electrons. The highest BCUT2D eigenvalue weighted by Crippen LogP contribution is 2.10. The van der Waals surface area contributed by atoms with Crippen LogP contribution in [0.25, 0.3) is 0 Å². The third-order valence-electron chi connectivity index (χ3n) is 7.67. The number of amides is 6. The maximum absolute atomic E-state index is 13.8. The molecular formula is C33H49N7O15. The van der Waals surface area contributed by atoms with E-state index in [1.165, 1.54) is 0 Å². The molecule has 306 valence electrons. The van der Waals surface area contributed by atoms with Crippen molar-refractivity contribution in [3.8, 4) is 0 Å². The Bertz CT molecular complexity index is 1530. The highest BCUT2D eigenvalue weighted by molar-refractivity contribution is 5.98. The lowest BCUT2D eigenvalue weighted by molar-refractivity contribution is -0.144. The molecule has 0 aliphatic heterocycles. The third kappa shape index (κ3) is 16.9. The van der Waals surface area contributed by atoms with Crippen molar-refractivity contribution in [3.63, 3.8) is 0 Å². The Hall–Kier alpha value is -5.71. The minimum atomic E-state index is -1.85. The predicted octanol–water partition coefficient (Wildman–Crippen LogP) is -5.09. The molecule has 0 aromatic heterocycles. The van der Waals surface area contributed by atoms with E-state index in [0.29, 0.717) is 5.56 Å². The molecule has 14 N–H and O–H groups in total. The van der Waals surface area contributed by atoms with Crippen LogP contribution < -0.4 is 37.6 Å². The lowest BCUT2D eigenvalue weighted by Crippen LogP contribution is -2.62. The Kier molecular flexibility index (Phi) is 19.9. The number of hydrogen-bond donors (Lipinski definition) is 13. The molecular weight excluding hydrogens is 734 g/mol. The second-order valence-corrected chi connectivity index (χ2v) is 12.9. The van der Waals surface area contributed by atoms with Crippen LogP contribution in [0.5, 0.6) is 0 Å². The van der Waals surface area contributed by atoms with Crippen molar-refractivity contribution in [1.82, 2.24) is 31.9 Å². The smallest absolute Gasteiger partial charge is 0.328 e. The minimum absolute atomic E-state index is 0.0860. The molecule has 0 saturated carbocycles. The van der Waals surface area contributed by atoms with E-state index in [2.05, 4.69) is 26.6 Å². The fraction of sp³-hybridized carbons (Fsp3) is 0.545. The number of aliphatic hydroxyl groups is 3.